The van der Waals surface area contributed by atoms with Gasteiger partial charge in [-0.25, -0.2) is 8.42 Å². The molecule has 1 fully saturated rings. The maximum atomic E-state index is 11.6. The maximum absolute atomic E-state index is 11.6. The predicted molar refractivity (Wildman–Crippen MR) is 83.1 cm³/mol. The van der Waals surface area contributed by atoms with E-state index in [4.69, 9.17) is 21.1 Å². The molecular weight excluding hydrogens is 314 g/mol. The van der Waals surface area contributed by atoms with Crippen LogP contribution in [-0.2, 0) is 16.4 Å². The first-order valence-electron chi connectivity index (χ1n) is 6.89. The van der Waals surface area contributed by atoms with E-state index in [0.29, 0.717) is 29.5 Å². The van der Waals surface area contributed by atoms with Crippen LogP contribution >= 0.6 is 11.6 Å². The zero-order valence-electron chi connectivity index (χ0n) is 12.2. The minimum Gasteiger partial charge on any atom is -0.493 e. The molecule has 1 aromatic carbocycles. The molecule has 2 rings (SSSR count). The van der Waals surface area contributed by atoms with Gasteiger partial charge >= 0.3 is 0 Å². The highest BCUT2D eigenvalue weighted by molar-refractivity contribution is 7.91. The first kappa shape index (κ1) is 16.4. The van der Waals surface area contributed by atoms with E-state index in [1.54, 1.807) is 13.2 Å². The summed E-state index contributed by atoms with van der Waals surface area (Å²) in [4.78, 5) is 0. The van der Waals surface area contributed by atoms with Crippen molar-refractivity contribution in [3.63, 3.8) is 0 Å². The molecule has 0 bridgehead atoms. The number of ether oxygens (including phenoxy) is 2. The van der Waals surface area contributed by atoms with Crippen molar-refractivity contribution in [2.24, 2.45) is 0 Å². The Morgan fingerprint density at radius 3 is 2.76 bits per heavy atom. The van der Waals surface area contributed by atoms with E-state index in [1.165, 1.54) is 0 Å². The second-order valence-electron chi connectivity index (χ2n) is 5.02. The van der Waals surface area contributed by atoms with Gasteiger partial charge in [-0.1, -0.05) is 18.5 Å². The molecule has 1 aliphatic rings. The summed E-state index contributed by atoms with van der Waals surface area (Å²) >= 11 is 6.08. The summed E-state index contributed by atoms with van der Waals surface area (Å²) in [6, 6.07) is 3.49. The fourth-order valence-electron chi connectivity index (χ4n) is 2.32. The fraction of sp³-hybridized carbons (Fsp3) is 0.571. The van der Waals surface area contributed by atoms with Crippen LogP contribution in [0.1, 0.15) is 18.9 Å². The molecule has 1 unspecified atom stereocenters. The molecule has 1 N–H and O–H groups in total. The molecule has 0 aliphatic carbocycles. The van der Waals surface area contributed by atoms with Crippen molar-refractivity contribution in [1.29, 1.82) is 0 Å². The third-order valence-corrected chi connectivity index (χ3v) is 5.31. The fourth-order valence-corrected chi connectivity index (χ4v) is 4.14. The average molecular weight is 334 g/mol. The molecule has 5 nitrogen and oxygen atoms in total. The van der Waals surface area contributed by atoms with E-state index in [9.17, 15) is 8.42 Å². The van der Waals surface area contributed by atoms with Gasteiger partial charge in [0.2, 0.25) is 0 Å². The number of benzene rings is 1. The number of hydrogen-bond donors (Lipinski definition) is 1. The van der Waals surface area contributed by atoms with Crippen molar-refractivity contribution in [1.82, 2.24) is 5.32 Å². The lowest BCUT2D eigenvalue weighted by Crippen LogP contribution is -2.20. The monoisotopic (exact) mass is 333 g/mol. The van der Waals surface area contributed by atoms with Gasteiger partial charge in [0.25, 0.3) is 0 Å². The van der Waals surface area contributed by atoms with Crippen LogP contribution in [0.5, 0.6) is 11.5 Å². The highest BCUT2D eigenvalue weighted by Gasteiger charge is 2.30. The SMILES string of the molecule is CCNCc1cc(Cl)cc(OC)c1OC1CCS(=O)(=O)C1. The summed E-state index contributed by atoms with van der Waals surface area (Å²) in [5, 5.41) is 3.77. The van der Waals surface area contributed by atoms with Crippen LogP contribution in [0.2, 0.25) is 5.02 Å². The van der Waals surface area contributed by atoms with Gasteiger partial charge in [-0.05, 0) is 19.0 Å². The normalized spacial score (nSPS) is 20.4. The molecule has 0 radical (unpaired) electrons. The predicted octanol–water partition coefficient (Wildman–Crippen LogP) is 2.02. The van der Waals surface area contributed by atoms with Crippen LogP contribution in [0.4, 0.5) is 0 Å². The van der Waals surface area contributed by atoms with Gasteiger partial charge in [0, 0.05) is 23.2 Å². The van der Waals surface area contributed by atoms with Crippen molar-refractivity contribution in [2.75, 3.05) is 25.2 Å². The Labute approximate surface area is 130 Å². The number of nitrogens with one attached hydrogen (secondary N) is 1. The lowest BCUT2D eigenvalue weighted by atomic mass is 10.1. The molecule has 1 aromatic rings. The zero-order chi connectivity index (χ0) is 15.5. The number of methoxy groups -OCH3 is 1. The zero-order valence-corrected chi connectivity index (χ0v) is 13.8. The minimum atomic E-state index is -2.98. The van der Waals surface area contributed by atoms with Gasteiger partial charge in [-0.2, -0.15) is 0 Å². The lowest BCUT2D eigenvalue weighted by Gasteiger charge is -2.19. The third kappa shape index (κ3) is 4.25. The van der Waals surface area contributed by atoms with Crippen molar-refractivity contribution < 1.29 is 17.9 Å². The average Bonchev–Trinajstić information content (AvgIpc) is 2.77. The Kier molecular flexibility index (Phi) is 5.35. The van der Waals surface area contributed by atoms with Crippen LogP contribution in [0.15, 0.2) is 12.1 Å². The second kappa shape index (κ2) is 6.85. The molecule has 1 heterocycles. The largest absolute Gasteiger partial charge is 0.493 e. The van der Waals surface area contributed by atoms with Gasteiger partial charge in [-0.3, -0.25) is 0 Å². The first-order valence-corrected chi connectivity index (χ1v) is 9.09. The molecule has 118 valence electrons. The molecule has 1 atom stereocenters. The van der Waals surface area contributed by atoms with Crippen LogP contribution < -0.4 is 14.8 Å². The smallest absolute Gasteiger partial charge is 0.166 e. The number of sulfone groups is 1. The number of halogens is 1. The van der Waals surface area contributed by atoms with E-state index in [1.807, 2.05) is 13.0 Å². The third-order valence-electron chi connectivity index (χ3n) is 3.36. The van der Waals surface area contributed by atoms with Gasteiger partial charge in [0.15, 0.2) is 21.3 Å². The molecule has 7 heteroatoms. The van der Waals surface area contributed by atoms with Crippen LogP contribution in [0.3, 0.4) is 0 Å². The summed E-state index contributed by atoms with van der Waals surface area (Å²) in [6.45, 7) is 3.40. The molecule has 21 heavy (non-hydrogen) atoms. The lowest BCUT2D eigenvalue weighted by molar-refractivity contribution is 0.215. The summed E-state index contributed by atoms with van der Waals surface area (Å²) < 4.78 is 34.3. The molecule has 0 saturated carbocycles. The number of rotatable bonds is 6. The Morgan fingerprint density at radius 2 is 2.19 bits per heavy atom. The second-order valence-corrected chi connectivity index (χ2v) is 7.68. The highest BCUT2D eigenvalue weighted by atomic mass is 35.5. The molecular formula is C14H20ClNO4S. The molecule has 1 saturated heterocycles. The van der Waals surface area contributed by atoms with Crippen molar-refractivity contribution in [3.05, 3.63) is 22.7 Å². The van der Waals surface area contributed by atoms with Crippen molar-refractivity contribution in [2.45, 2.75) is 26.0 Å². The maximum Gasteiger partial charge on any atom is 0.166 e. The molecule has 0 amide bonds. The number of hydrogen-bond acceptors (Lipinski definition) is 5. The van der Waals surface area contributed by atoms with E-state index in [2.05, 4.69) is 5.32 Å². The van der Waals surface area contributed by atoms with E-state index in [0.717, 1.165) is 12.1 Å². The quantitative estimate of drug-likeness (QED) is 0.863. The summed E-state index contributed by atoms with van der Waals surface area (Å²) in [5.41, 5.74) is 0.866. The van der Waals surface area contributed by atoms with Crippen LogP contribution in [0, 0.1) is 0 Å². The summed E-state index contributed by atoms with van der Waals surface area (Å²) in [6.07, 6.45) is 0.180. The summed E-state index contributed by atoms with van der Waals surface area (Å²) in [7, 11) is -1.44. The topological polar surface area (TPSA) is 64.6 Å². The van der Waals surface area contributed by atoms with E-state index >= 15 is 0 Å². The Morgan fingerprint density at radius 1 is 1.43 bits per heavy atom. The van der Waals surface area contributed by atoms with Crippen LogP contribution in [-0.4, -0.2) is 39.7 Å². The summed E-state index contributed by atoms with van der Waals surface area (Å²) in [5.74, 6) is 1.33. The van der Waals surface area contributed by atoms with E-state index < -0.39 is 9.84 Å². The van der Waals surface area contributed by atoms with Gasteiger partial charge < -0.3 is 14.8 Å². The van der Waals surface area contributed by atoms with Crippen LogP contribution in [0.25, 0.3) is 0 Å². The Balaban J connectivity index is 2.27. The highest BCUT2D eigenvalue weighted by Crippen LogP contribution is 2.36. The van der Waals surface area contributed by atoms with Crippen molar-refractivity contribution >= 4 is 21.4 Å². The van der Waals surface area contributed by atoms with Gasteiger partial charge in [0.05, 0.1) is 18.6 Å². The molecule has 0 spiro atoms. The van der Waals surface area contributed by atoms with Gasteiger partial charge in [-0.15, -0.1) is 0 Å². The Hall–Kier alpha value is -0.980. The molecule has 0 aromatic heterocycles. The molecule has 1 aliphatic heterocycles. The van der Waals surface area contributed by atoms with Gasteiger partial charge in [0.1, 0.15) is 6.10 Å². The Bertz CT molecular complexity index is 603. The standard InChI is InChI=1S/C14H20ClNO4S/c1-3-16-8-10-6-11(15)7-13(19-2)14(10)20-12-4-5-21(17,18)9-12/h6-7,12,16H,3-5,8-9H2,1-2H3. The van der Waals surface area contributed by atoms with E-state index in [-0.39, 0.29) is 17.6 Å². The van der Waals surface area contributed by atoms with Crippen molar-refractivity contribution in [3.8, 4) is 11.5 Å². The first-order chi connectivity index (χ1) is 9.95. The minimum absolute atomic E-state index is 0.0550.